The van der Waals surface area contributed by atoms with E-state index in [-0.39, 0.29) is 23.7 Å². The Kier molecular flexibility index (Phi) is 5.31. The minimum atomic E-state index is -1.14. The van der Waals surface area contributed by atoms with Gasteiger partial charge in [-0.15, -0.1) is 0 Å². The first-order valence-corrected chi connectivity index (χ1v) is 7.17. The zero-order chi connectivity index (χ0) is 15.9. The highest BCUT2D eigenvalue weighted by Crippen LogP contribution is 2.20. The molecule has 0 heterocycles. The topological polar surface area (TPSA) is 63.6 Å². The monoisotopic (exact) mass is 298 g/mol. The van der Waals surface area contributed by atoms with Crippen molar-refractivity contribution in [2.45, 2.75) is 19.3 Å². The molecule has 0 amide bonds. The third kappa shape index (κ3) is 3.73. The van der Waals surface area contributed by atoms with E-state index in [2.05, 4.69) is 0 Å². The predicted molar refractivity (Wildman–Crippen MR) is 83.2 cm³/mol. The standard InChI is InChI=1S/C18H18O4/c1-2-13(14-8-4-3-5-9-14)12-22-18(21)16-11-7-6-10-15(16)17(19)20/h3-11,13H,2,12H2,1H3,(H,19,20)/t13-/m0/s1. The van der Waals surface area contributed by atoms with E-state index in [0.717, 1.165) is 12.0 Å². The van der Waals surface area contributed by atoms with E-state index in [1.807, 2.05) is 37.3 Å². The highest BCUT2D eigenvalue weighted by Gasteiger charge is 2.18. The van der Waals surface area contributed by atoms with Crippen molar-refractivity contribution in [1.82, 2.24) is 0 Å². The summed E-state index contributed by atoms with van der Waals surface area (Å²) in [5.74, 6) is -1.64. The Morgan fingerprint density at radius 3 is 2.18 bits per heavy atom. The first-order chi connectivity index (χ1) is 10.6. The van der Waals surface area contributed by atoms with E-state index in [4.69, 9.17) is 9.84 Å². The number of rotatable bonds is 6. The van der Waals surface area contributed by atoms with Gasteiger partial charge in [-0.3, -0.25) is 0 Å². The molecule has 2 rings (SSSR count). The van der Waals surface area contributed by atoms with Gasteiger partial charge in [0.2, 0.25) is 0 Å². The summed E-state index contributed by atoms with van der Waals surface area (Å²) in [7, 11) is 0. The van der Waals surface area contributed by atoms with Crippen LogP contribution in [0.15, 0.2) is 54.6 Å². The van der Waals surface area contributed by atoms with Gasteiger partial charge in [0.25, 0.3) is 0 Å². The Balaban J connectivity index is 2.08. The molecular weight excluding hydrogens is 280 g/mol. The lowest BCUT2D eigenvalue weighted by Crippen LogP contribution is -2.15. The van der Waals surface area contributed by atoms with Crippen LogP contribution < -0.4 is 0 Å². The van der Waals surface area contributed by atoms with Gasteiger partial charge in [0.05, 0.1) is 17.7 Å². The summed E-state index contributed by atoms with van der Waals surface area (Å²) in [5, 5.41) is 9.11. The molecule has 2 aromatic carbocycles. The maximum absolute atomic E-state index is 12.1. The van der Waals surface area contributed by atoms with Gasteiger partial charge in [-0.25, -0.2) is 9.59 Å². The SMILES string of the molecule is CC[C@@H](COC(=O)c1ccccc1C(=O)O)c1ccccc1. The second-order valence-corrected chi connectivity index (χ2v) is 4.97. The first kappa shape index (κ1) is 15.8. The molecule has 4 nitrogen and oxygen atoms in total. The van der Waals surface area contributed by atoms with Crippen LogP contribution >= 0.6 is 0 Å². The van der Waals surface area contributed by atoms with Crippen LogP contribution in [-0.4, -0.2) is 23.7 Å². The molecule has 1 N–H and O–H groups in total. The van der Waals surface area contributed by atoms with Crippen molar-refractivity contribution in [2.75, 3.05) is 6.61 Å². The molecule has 4 heteroatoms. The Morgan fingerprint density at radius 2 is 1.59 bits per heavy atom. The lowest BCUT2D eigenvalue weighted by Gasteiger charge is -2.16. The lowest BCUT2D eigenvalue weighted by atomic mass is 9.97. The van der Waals surface area contributed by atoms with Gasteiger partial charge in [0.15, 0.2) is 0 Å². The van der Waals surface area contributed by atoms with Gasteiger partial charge in [0.1, 0.15) is 0 Å². The number of esters is 1. The van der Waals surface area contributed by atoms with Crippen LogP contribution in [0.3, 0.4) is 0 Å². The van der Waals surface area contributed by atoms with Crippen molar-refractivity contribution >= 4 is 11.9 Å². The number of hydrogen-bond donors (Lipinski definition) is 1. The summed E-state index contributed by atoms with van der Waals surface area (Å²) >= 11 is 0. The molecule has 0 aromatic heterocycles. The predicted octanol–water partition coefficient (Wildman–Crippen LogP) is 3.74. The molecule has 114 valence electrons. The summed E-state index contributed by atoms with van der Waals surface area (Å²) < 4.78 is 5.32. The molecule has 2 aromatic rings. The fraction of sp³-hybridized carbons (Fsp3) is 0.222. The van der Waals surface area contributed by atoms with Crippen molar-refractivity contribution in [3.63, 3.8) is 0 Å². The van der Waals surface area contributed by atoms with Crippen LogP contribution in [0.4, 0.5) is 0 Å². The Morgan fingerprint density at radius 1 is 1.00 bits per heavy atom. The second-order valence-electron chi connectivity index (χ2n) is 4.97. The average molecular weight is 298 g/mol. The van der Waals surface area contributed by atoms with Crippen LogP contribution in [0.1, 0.15) is 45.5 Å². The summed E-state index contributed by atoms with van der Waals surface area (Å²) in [5.41, 5.74) is 1.14. The van der Waals surface area contributed by atoms with Gasteiger partial charge in [-0.2, -0.15) is 0 Å². The Bertz CT molecular complexity index is 649. The summed E-state index contributed by atoms with van der Waals surface area (Å²) in [6.07, 6.45) is 0.831. The van der Waals surface area contributed by atoms with Crippen molar-refractivity contribution in [3.05, 3.63) is 71.3 Å². The summed E-state index contributed by atoms with van der Waals surface area (Å²) in [6.45, 7) is 2.25. The normalized spacial score (nSPS) is 11.7. The maximum atomic E-state index is 12.1. The average Bonchev–Trinajstić information content (AvgIpc) is 2.56. The number of hydrogen-bond acceptors (Lipinski definition) is 3. The zero-order valence-corrected chi connectivity index (χ0v) is 12.4. The fourth-order valence-electron chi connectivity index (χ4n) is 2.28. The van der Waals surface area contributed by atoms with Gasteiger partial charge >= 0.3 is 11.9 Å². The number of ether oxygens (including phenoxy) is 1. The molecule has 0 aliphatic carbocycles. The molecule has 0 saturated heterocycles. The molecule has 0 radical (unpaired) electrons. The van der Waals surface area contributed by atoms with Crippen LogP contribution in [0.2, 0.25) is 0 Å². The van der Waals surface area contributed by atoms with Gasteiger partial charge in [-0.05, 0) is 24.1 Å². The van der Waals surface area contributed by atoms with Gasteiger partial charge in [-0.1, -0.05) is 49.4 Å². The van der Waals surface area contributed by atoms with E-state index < -0.39 is 11.9 Å². The molecule has 0 aliphatic heterocycles. The molecule has 0 fully saturated rings. The molecule has 0 bridgehead atoms. The fourth-order valence-corrected chi connectivity index (χ4v) is 2.28. The van der Waals surface area contributed by atoms with Crippen molar-refractivity contribution in [2.24, 2.45) is 0 Å². The van der Waals surface area contributed by atoms with Crippen LogP contribution in [0, 0.1) is 0 Å². The first-order valence-electron chi connectivity index (χ1n) is 7.17. The summed E-state index contributed by atoms with van der Waals surface area (Å²) in [4.78, 5) is 23.3. The number of aromatic carboxylic acids is 1. The van der Waals surface area contributed by atoms with E-state index in [9.17, 15) is 9.59 Å². The lowest BCUT2D eigenvalue weighted by molar-refractivity contribution is 0.0468. The molecule has 0 unspecified atom stereocenters. The third-order valence-electron chi connectivity index (χ3n) is 3.56. The van der Waals surface area contributed by atoms with E-state index in [1.54, 1.807) is 12.1 Å². The Hall–Kier alpha value is -2.62. The highest BCUT2D eigenvalue weighted by atomic mass is 16.5. The maximum Gasteiger partial charge on any atom is 0.339 e. The van der Waals surface area contributed by atoms with Crippen LogP contribution in [-0.2, 0) is 4.74 Å². The van der Waals surface area contributed by atoms with Crippen molar-refractivity contribution in [3.8, 4) is 0 Å². The van der Waals surface area contributed by atoms with Crippen LogP contribution in [0.5, 0.6) is 0 Å². The number of benzene rings is 2. The minimum absolute atomic E-state index is 0.0414. The van der Waals surface area contributed by atoms with Crippen molar-refractivity contribution < 1.29 is 19.4 Å². The smallest absolute Gasteiger partial charge is 0.339 e. The second kappa shape index (κ2) is 7.41. The zero-order valence-electron chi connectivity index (χ0n) is 12.4. The molecule has 0 aliphatic rings. The number of carbonyl (C=O) groups is 2. The summed E-state index contributed by atoms with van der Waals surface area (Å²) in [6, 6.07) is 15.9. The van der Waals surface area contributed by atoms with Crippen molar-refractivity contribution in [1.29, 1.82) is 0 Å². The van der Waals surface area contributed by atoms with Gasteiger partial charge < -0.3 is 9.84 Å². The molecule has 0 spiro atoms. The van der Waals surface area contributed by atoms with Crippen LogP contribution in [0.25, 0.3) is 0 Å². The molecule has 0 saturated carbocycles. The van der Waals surface area contributed by atoms with E-state index in [0.29, 0.717) is 0 Å². The molecule has 1 atom stereocenters. The quantitative estimate of drug-likeness (QED) is 0.825. The van der Waals surface area contributed by atoms with Gasteiger partial charge in [0, 0.05) is 5.92 Å². The third-order valence-corrected chi connectivity index (χ3v) is 3.56. The molecular formula is C18H18O4. The van der Waals surface area contributed by atoms with E-state index in [1.165, 1.54) is 12.1 Å². The Labute approximate surface area is 129 Å². The molecule has 22 heavy (non-hydrogen) atoms. The highest BCUT2D eigenvalue weighted by molar-refractivity contribution is 6.02. The number of carbonyl (C=O) groups excluding carboxylic acids is 1. The minimum Gasteiger partial charge on any atom is -0.478 e. The largest absolute Gasteiger partial charge is 0.478 e. The van der Waals surface area contributed by atoms with E-state index >= 15 is 0 Å². The number of carboxylic acids is 1. The number of carboxylic acid groups (broad SMARTS) is 1.